The molecule has 0 saturated carbocycles. The Hall–Kier alpha value is -0.870. The molecule has 0 aromatic rings. The summed E-state index contributed by atoms with van der Waals surface area (Å²) in [4.78, 5) is 0. The molecule has 1 N–H and O–H groups in total. The fourth-order valence-corrected chi connectivity index (χ4v) is 1.30. The molecular weight excluding hydrogens is 164 g/mol. The Kier molecular flexibility index (Phi) is 2.26. The van der Waals surface area contributed by atoms with Crippen LogP contribution >= 0.6 is 0 Å². The van der Waals surface area contributed by atoms with Crippen LogP contribution in [-0.2, 0) is 10.1 Å². The summed E-state index contributed by atoms with van der Waals surface area (Å²) in [5, 5.41) is 0.823. The van der Waals surface area contributed by atoms with Crippen molar-refractivity contribution in [1.82, 2.24) is 0 Å². The molecule has 0 spiro atoms. The fourth-order valence-electron chi connectivity index (χ4n) is 0.751. The smallest absolute Gasteiger partial charge is 0.282 e. The van der Waals surface area contributed by atoms with Crippen LogP contribution in [0.1, 0.15) is 6.42 Å². The van der Waals surface area contributed by atoms with E-state index in [1.54, 1.807) is 12.2 Å². The van der Waals surface area contributed by atoms with Crippen molar-refractivity contribution in [1.29, 1.82) is 0 Å². The molecule has 0 aliphatic heterocycles. The molecule has 59 valence electrons. The second-order valence-electron chi connectivity index (χ2n) is 2.13. The third-order valence-electron chi connectivity index (χ3n) is 1.14. The lowest BCUT2D eigenvalue weighted by atomic mass is 10.1. The van der Waals surface area contributed by atoms with Crippen LogP contribution in [-0.4, -0.2) is 13.0 Å². The summed E-state index contributed by atoms with van der Waals surface area (Å²) < 4.78 is 29.0. The minimum Gasteiger partial charge on any atom is -0.282 e. The zero-order chi connectivity index (χ0) is 8.32. The van der Waals surface area contributed by atoms with Crippen LogP contribution in [0.25, 0.3) is 0 Å². The van der Waals surface area contributed by atoms with Gasteiger partial charge >= 0.3 is 0 Å². The molecule has 0 aromatic heterocycles. The summed E-state index contributed by atoms with van der Waals surface area (Å²) in [5.74, 6) is 0. The van der Waals surface area contributed by atoms with Crippen LogP contribution in [0.5, 0.6) is 0 Å². The van der Waals surface area contributed by atoms with E-state index in [0.717, 1.165) is 5.41 Å². The van der Waals surface area contributed by atoms with Gasteiger partial charge in [-0.05, 0) is 18.1 Å². The van der Waals surface area contributed by atoms with E-state index in [4.69, 9.17) is 4.55 Å². The maximum atomic E-state index is 10.3. The normalized spacial score (nSPS) is 21.0. The van der Waals surface area contributed by atoms with Crippen molar-refractivity contribution in [2.45, 2.75) is 6.42 Å². The van der Waals surface area contributed by atoms with Crippen LogP contribution in [0.2, 0.25) is 0 Å². The van der Waals surface area contributed by atoms with E-state index >= 15 is 0 Å². The van der Waals surface area contributed by atoms with Gasteiger partial charge < -0.3 is 0 Å². The van der Waals surface area contributed by atoms with E-state index in [1.807, 2.05) is 0 Å². The number of allylic oxidation sites excluding steroid dienone is 5. The van der Waals surface area contributed by atoms with Gasteiger partial charge in [-0.3, -0.25) is 4.55 Å². The van der Waals surface area contributed by atoms with Crippen molar-refractivity contribution in [2.75, 3.05) is 0 Å². The number of rotatable bonds is 1. The van der Waals surface area contributed by atoms with Gasteiger partial charge in [-0.25, -0.2) is 0 Å². The molecule has 0 unspecified atom stereocenters. The van der Waals surface area contributed by atoms with Crippen molar-refractivity contribution >= 4 is 10.1 Å². The molecule has 11 heavy (non-hydrogen) atoms. The predicted octanol–water partition coefficient (Wildman–Crippen LogP) is 1.08. The average Bonchev–Trinajstić information content (AvgIpc) is 1.85. The first-order chi connectivity index (χ1) is 5.08. The Morgan fingerprint density at radius 1 is 1.64 bits per heavy atom. The Labute approximate surface area is 65.5 Å². The van der Waals surface area contributed by atoms with Crippen molar-refractivity contribution < 1.29 is 13.0 Å². The van der Waals surface area contributed by atoms with Crippen molar-refractivity contribution in [2.24, 2.45) is 0 Å². The zero-order valence-corrected chi connectivity index (χ0v) is 6.50. The molecule has 0 amide bonds. The Bertz CT molecular complexity index is 320. The highest BCUT2D eigenvalue weighted by atomic mass is 32.2. The van der Waals surface area contributed by atoms with Gasteiger partial charge in [0, 0.05) is 0 Å². The number of hydrogen-bond donors (Lipinski definition) is 1. The van der Waals surface area contributed by atoms with E-state index in [9.17, 15) is 8.42 Å². The maximum absolute atomic E-state index is 10.3. The topological polar surface area (TPSA) is 54.4 Å². The molecule has 3 nitrogen and oxygen atoms in total. The molecule has 1 aliphatic carbocycles. The van der Waals surface area contributed by atoms with Gasteiger partial charge in [0.1, 0.15) is 0 Å². The first-order valence-electron chi connectivity index (χ1n) is 3.00. The summed E-state index contributed by atoms with van der Waals surface area (Å²) in [7, 11) is -3.99. The summed E-state index contributed by atoms with van der Waals surface area (Å²) in [5.41, 5.74) is 0.537. The maximum Gasteiger partial charge on any atom is 0.287 e. The third-order valence-corrected chi connectivity index (χ3v) is 1.74. The lowest BCUT2D eigenvalue weighted by molar-refractivity contribution is 0.494. The van der Waals surface area contributed by atoms with Crippen LogP contribution in [0.15, 0.2) is 29.2 Å². The molecule has 0 aromatic carbocycles. The van der Waals surface area contributed by atoms with Crippen molar-refractivity contribution in [3.63, 3.8) is 0 Å². The van der Waals surface area contributed by atoms with Crippen LogP contribution < -0.4 is 0 Å². The molecule has 4 heteroatoms. The highest BCUT2D eigenvalue weighted by Crippen LogP contribution is 2.10. The van der Waals surface area contributed by atoms with Gasteiger partial charge in [0.25, 0.3) is 10.1 Å². The summed E-state index contributed by atoms with van der Waals surface area (Å²) >= 11 is 0. The highest BCUT2D eigenvalue weighted by molar-refractivity contribution is 7.88. The fraction of sp³-hybridized carbons (Fsp3) is 0.143. The van der Waals surface area contributed by atoms with Crippen molar-refractivity contribution in [3.05, 3.63) is 35.3 Å². The summed E-state index contributed by atoms with van der Waals surface area (Å²) in [6, 6.07) is 0. The quantitative estimate of drug-likeness (QED) is 0.600. The van der Waals surface area contributed by atoms with Gasteiger partial charge in [0.2, 0.25) is 0 Å². The zero-order valence-electron chi connectivity index (χ0n) is 5.69. The molecule has 1 radical (unpaired) electrons. The van der Waals surface area contributed by atoms with Gasteiger partial charge in [-0.15, -0.1) is 0 Å². The van der Waals surface area contributed by atoms with Gasteiger partial charge in [-0.2, -0.15) is 8.42 Å². The second-order valence-corrected chi connectivity index (χ2v) is 3.39. The predicted molar refractivity (Wildman–Crippen MR) is 41.2 cm³/mol. The SMILES string of the molecule is O=S(=O)(O)C=C1C=[C]C=CC1. The van der Waals surface area contributed by atoms with Crippen LogP contribution in [0.3, 0.4) is 0 Å². The van der Waals surface area contributed by atoms with E-state index in [0.29, 0.717) is 12.0 Å². The first-order valence-corrected chi connectivity index (χ1v) is 4.50. The Morgan fingerprint density at radius 3 is 2.82 bits per heavy atom. The van der Waals surface area contributed by atoms with Gasteiger partial charge in [0.05, 0.1) is 5.41 Å². The molecule has 0 heterocycles. The number of hydrogen-bond acceptors (Lipinski definition) is 2. The highest BCUT2D eigenvalue weighted by Gasteiger charge is 2.01. The summed E-state index contributed by atoms with van der Waals surface area (Å²) in [6.07, 6.45) is 8.21. The molecule has 0 bridgehead atoms. The molecule has 0 atom stereocenters. The molecule has 1 rings (SSSR count). The average molecular weight is 171 g/mol. The van der Waals surface area contributed by atoms with E-state index in [2.05, 4.69) is 6.08 Å². The van der Waals surface area contributed by atoms with E-state index in [-0.39, 0.29) is 0 Å². The minimum absolute atomic E-state index is 0.521. The monoisotopic (exact) mass is 171 g/mol. The van der Waals surface area contributed by atoms with E-state index < -0.39 is 10.1 Å². The Balaban J connectivity index is 2.85. The molecule has 1 aliphatic rings. The van der Waals surface area contributed by atoms with Crippen LogP contribution in [0, 0.1) is 6.08 Å². The van der Waals surface area contributed by atoms with Gasteiger partial charge in [0.15, 0.2) is 0 Å². The summed E-state index contributed by atoms with van der Waals surface area (Å²) in [6.45, 7) is 0. The largest absolute Gasteiger partial charge is 0.287 e. The third kappa shape index (κ3) is 3.15. The standard InChI is InChI=1S/C7H7O3S/c8-11(9,10)6-7-4-2-1-3-5-7/h1-2,5-6H,4H2,(H,8,9,10). The second kappa shape index (κ2) is 3.02. The molecule has 0 fully saturated rings. The molecular formula is C7H7O3S. The first kappa shape index (κ1) is 8.23. The van der Waals surface area contributed by atoms with Gasteiger partial charge in [-0.1, -0.05) is 18.2 Å². The van der Waals surface area contributed by atoms with Crippen LogP contribution in [0.4, 0.5) is 0 Å². The Morgan fingerprint density at radius 2 is 2.36 bits per heavy atom. The molecule has 0 saturated heterocycles. The van der Waals surface area contributed by atoms with Crippen molar-refractivity contribution in [3.8, 4) is 0 Å². The lowest BCUT2D eigenvalue weighted by Gasteiger charge is -1.98. The lowest BCUT2D eigenvalue weighted by Crippen LogP contribution is -1.93. The minimum atomic E-state index is -3.99. The van der Waals surface area contributed by atoms with E-state index in [1.165, 1.54) is 6.08 Å².